The molecule has 0 radical (unpaired) electrons. The zero-order valence-electron chi connectivity index (χ0n) is 9.85. The first-order chi connectivity index (χ1) is 8.07. The van der Waals surface area contributed by atoms with E-state index < -0.39 is 11.9 Å². The first kappa shape index (κ1) is 16.6. The molecule has 0 unspecified atom stereocenters. The van der Waals surface area contributed by atoms with Crippen LogP contribution in [-0.4, -0.2) is 51.8 Å². The Labute approximate surface area is 110 Å². The van der Waals surface area contributed by atoms with E-state index in [0.717, 1.165) is 4.58 Å². The third-order valence-corrected chi connectivity index (χ3v) is 5.03. The molecule has 100 valence electrons. The van der Waals surface area contributed by atoms with Crippen molar-refractivity contribution in [3.8, 4) is 0 Å². The van der Waals surface area contributed by atoms with Crippen LogP contribution in [0.3, 0.4) is 0 Å². The fourth-order valence-corrected chi connectivity index (χ4v) is 4.11. The molecule has 1 rings (SSSR count). The summed E-state index contributed by atoms with van der Waals surface area (Å²) >= 11 is 4.30. The van der Waals surface area contributed by atoms with E-state index in [0.29, 0.717) is 0 Å². The van der Waals surface area contributed by atoms with Gasteiger partial charge in [-0.05, 0) is 44.4 Å². The average Bonchev–Trinajstić information content (AvgIpc) is 2.31. The molecule has 0 aromatic carbocycles. The second-order valence-electron chi connectivity index (χ2n) is 3.38. The maximum absolute atomic E-state index is 9.10. The quantitative estimate of drug-likeness (QED) is 0.529. The molecule has 7 heteroatoms. The van der Waals surface area contributed by atoms with Crippen molar-refractivity contribution >= 4 is 35.5 Å². The topological polar surface area (TPSA) is 86.6 Å². The van der Waals surface area contributed by atoms with E-state index >= 15 is 0 Å². The molecule has 1 heterocycles. The number of rotatable bonds is 4. The normalized spacial score (nSPS) is 15.8. The lowest BCUT2D eigenvalue weighted by Gasteiger charge is -2.20. The molecular weight excluding hydrogens is 262 g/mol. The maximum Gasteiger partial charge on any atom is 0.414 e. The fraction of sp³-hybridized carbons (Fsp3) is 0.800. The molecule has 1 aliphatic heterocycles. The Balaban J connectivity index is 0.000000366. The highest BCUT2D eigenvalue weighted by molar-refractivity contribution is 8.17. The molecule has 3 N–H and O–H groups in total. The SMILES string of the molecule is CNCCCC1SCCCS1.O=C(O)C(=O)O. The summed E-state index contributed by atoms with van der Waals surface area (Å²) in [5.74, 6) is -0.876. The van der Waals surface area contributed by atoms with E-state index in [-0.39, 0.29) is 0 Å². The number of carbonyl (C=O) groups is 2. The molecule has 0 bridgehead atoms. The third-order valence-electron chi connectivity index (χ3n) is 1.95. The summed E-state index contributed by atoms with van der Waals surface area (Å²) in [5.41, 5.74) is 0. The number of carboxylic acid groups (broad SMARTS) is 2. The highest BCUT2D eigenvalue weighted by Crippen LogP contribution is 2.33. The molecule has 0 atom stereocenters. The van der Waals surface area contributed by atoms with Gasteiger partial charge in [0, 0.05) is 0 Å². The summed E-state index contributed by atoms with van der Waals surface area (Å²) in [5, 5.41) is 18.0. The monoisotopic (exact) mass is 281 g/mol. The maximum atomic E-state index is 9.10. The van der Waals surface area contributed by atoms with Crippen LogP contribution in [0.25, 0.3) is 0 Å². The van der Waals surface area contributed by atoms with Gasteiger partial charge in [0.25, 0.3) is 0 Å². The van der Waals surface area contributed by atoms with Crippen molar-refractivity contribution in [3.05, 3.63) is 0 Å². The highest BCUT2D eigenvalue weighted by atomic mass is 32.2. The van der Waals surface area contributed by atoms with E-state index in [1.807, 2.05) is 7.05 Å². The van der Waals surface area contributed by atoms with Crippen molar-refractivity contribution in [2.45, 2.75) is 23.8 Å². The lowest BCUT2D eigenvalue weighted by molar-refractivity contribution is -0.159. The molecule has 0 amide bonds. The Kier molecular flexibility index (Phi) is 10.5. The summed E-state index contributed by atoms with van der Waals surface area (Å²) in [7, 11) is 2.03. The largest absolute Gasteiger partial charge is 0.473 e. The van der Waals surface area contributed by atoms with E-state index in [1.54, 1.807) is 0 Å². The Morgan fingerprint density at radius 1 is 1.24 bits per heavy atom. The molecule has 17 heavy (non-hydrogen) atoms. The summed E-state index contributed by atoms with van der Waals surface area (Å²) < 4.78 is 0.900. The van der Waals surface area contributed by atoms with Gasteiger partial charge >= 0.3 is 11.9 Å². The Hall–Kier alpha value is -0.400. The Morgan fingerprint density at radius 3 is 2.18 bits per heavy atom. The van der Waals surface area contributed by atoms with Crippen molar-refractivity contribution in [1.29, 1.82) is 0 Å². The van der Waals surface area contributed by atoms with Gasteiger partial charge in [0.15, 0.2) is 0 Å². The summed E-state index contributed by atoms with van der Waals surface area (Å²) in [6.45, 7) is 1.18. The molecule has 0 aromatic rings. The van der Waals surface area contributed by atoms with Crippen LogP contribution in [0.1, 0.15) is 19.3 Å². The average molecular weight is 281 g/mol. The van der Waals surface area contributed by atoms with Gasteiger partial charge in [-0.2, -0.15) is 0 Å². The Morgan fingerprint density at radius 2 is 1.76 bits per heavy atom. The van der Waals surface area contributed by atoms with Crippen molar-refractivity contribution < 1.29 is 19.8 Å². The van der Waals surface area contributed by atoms with Gasteiger partial charge in [0.2, 0.25) is 0 Å². The summed E-state index contributed by atoms with van der Waals surface area (Å²) in [6.07, 6.45) is 4.13. The summed E-state index contributed by atoms with van der Waals surface area (Å²) in [4.78, 5) is 18.2. The summed E-state index contributed by atoms with van der Waals surface area (Å²) in [6, 6.07) is 0. The molecule has 0 aromatic heterocycles. The zero-order chi connectivity index (χ0) is 13.1. The van der Waals surface area contributed by atoms with Gasteiger partial charge < -0.3 is 15.5 Å². The predicted octanol–water partition coefficient (Wildman–Crippen LogP) is 1.34. The lowest BCUT2D eigenvalue weighted by atomic mass is 10.3. The van der Waals surface area contributed by atoms with Crippen LogP contribution in [0.5, 0.6) is 0 Å². The van der Waals surface area contributed by atoms with Gasteiger partial charge in [0.05, 0.1) is 4.58 Å². The number of thioether (sulfide) groups is 2. The second-order valence-corrected chi connectivity index (χ2v) is 6.30. The minimum Gasteiger partial charge on any atom is -0.473 e. The van der Waals surface area contributed by atoms with Crippen LogP contribution in [0.2, 0.25) is 0 Å². The fourth-order valence-electron chi connectivity index (χ4n) is 1.15. The second kappa shape index (κ2) is 10.7. The van der Waals surface area contributed by atoms with Crippen LogP contribution in [-0.2, 0) is 9.59 Å². The van der Waals surface area contributed by atoms with E-state index in [1.165, 1.54) is 37.3 Å². The zero-order valence-corrected chi connectivity index (χ0v) is 11.5. The van der Waals surface area contributed by atoms with Crippen molar-refractivity contribution in [3.63, 3.8) is 0 Å². The van der Waals surface area contributed by atoms with Gasteiger partial charge in [-0.25, -0.2) is 9.59 Å². The van der Waals surface area contributed by atoms with Crippen molar-refractivity contribution in [2.75, 3.05) is 25.1 Å². The number of hydrogen-bond donors (Lipinski definition) is 3. The van der Waals surface area contributed by atoms with Gasteiger partial charge in [-0.1, -0.05) is 0 Å². The number of hydrogen-bond acceptors (Lipinski definition) is 5. The van der Waals surface area contributed by atoms with Crippen LogP contribution in [0, 0.1) is 0 Å². The number of nitrogens with one attached hydrogen (secondary N) is 1. The Bertz CT molecular complexity index is 220. The smallest absolute Gasteiger partial charge is 0.414 e. The standard InChI is InChI=1S/C8H17NS2.C2H2O4/c1-9-5-2-4-8-10-6-3-7-11-8;3-1(4)2(5)6/h8-9H,2-7H2,1H3;(H,3,4)(H,5,6). The lowest BCUT2D eigenvalue weighted by Crippen LogP contribution is -2.12. The van der Waals surface area contributed by atoms with Gasteiger partial charge in [-0.15, -0.1) is 23.5 Å². The first-order valence-corrected chi connectivity index (χ1v) is 7.51. The predicted molar refractivity (Wildman–Crippen MR) is 71.8 cm³/mol. The van der Waals surface area contributed by atoms with Gasteiger partial charge in [0.1, 0.15) is 0 Å². The molecule has 0 saturated carbocycles. The van der Waals surface area contributed by atoms with Gasteiger partial charge in [-0.3, -0.25) is 0 Å². The number of carboxylic acids is 2. The van der Waals surface area contributed by atoms with E-state index in [4.69, 9.17) is 19.8 Å². The van der Waals surface area contributed by atoms with Crippen LogP contribution >= 0.6 is 23.5 Å². The minimum absolute atomic E-state index is 0.900. The van der Waals surface area contributed by atoms with Crippen molar-refractivity contribution in [2.24, 2.45) is 0 Å². The molecule has 1 fully saturated rings. The van der Waals surface area contributed by atoms with Crippen LogP contribution < -0.4 is 5.32 Å². The third kappa shape index (κ3) is 10.5. The first-order valence-electron chi connectivity index (χ1n) is 5.42. The molecule has 5 nitrogen and oxygen atoms in total. The van der Waals surface area contributed by atoms with E-state index in [2.05, 4.69) is 28.8 Å². The van der Waals surface area contributed by atoms with Crippen LogP contribution in [0.15, 0.2) is 0 Å². The van der Waals surface area contributed by atoms with Crippen LogP contribution in [0.4, 0.5) is 0 Å². The molecular formula is C10H19NO4S2. The number of aliphatic carboxylic acids is 2. The molecule has 1 aliphatic rings. The molecule has 0 spiro atoms. The van der Waals surface area contributed by atoms with E-state index in [9.17, 15) is 0 Å². The molecule has 0 aliphatic carbocycles. The minimum atomic E-state index is -1.82. The van der Waals surface area contributed by atoms with Crippen molar-refractivity contribution in [1.82, 2.24) is 5.32 Å². The highest BCUT2D eigenvalue weighted by Gasteiger charge is 2.12. The molecule has 1 saturated heterocycles.